The number of fused-ring (bicyclic) bond motifs is 1. The van der Waals surface area contributed by atoms with E-state index in [-0.39, 0.29) is 24.0 Å². The van der Waals surface area contributed by atoms with Crippen molar-refractivity contribution in [1.29, 1.82) is 0 Å². The average molecular weight is 405 g/mol. The van der Waals surface area contributed by atoms with E-state index in [2.05, 4.69) is 15.4 Å². The highest BCUT2D eigenvalue weighted by Gasteiger charge is 2.15. The van der Waals surface area contributed by atoms with Gasteiger partial charge in [-0.2, -0.15) is 0 Å². The minimum absolute atomic E-state index is 0.179. The van der Waals surface area contributed by atoms with Crippen molar-refractivity contribution in [3.8, 4) is 17.4 Å². The predicted octanol–water partition coefficient (Wildman–Crippen LogP) is 2.01. The molecule has 0 saturated heterocycles. The molecular formula is C21H19N5O4. The Labute approximate surface area is 171 Å². The molecule has 9 heteroatoms. The number of amides is 1. The van der Waals surface area contributed by atoms with Gasteiger partial charge in [0.1, 0.15) is 18.0 Å². The van der Waals surface area contributed by atoms with Crippen molar-refractivity contribution in [2.75, 3.05) is 7.11 Å². The molecule has 0 aliphatic carbocycles. The molecule has 2 heterocycles. The lowest BCUT2D eigenvalue weighted by Crippen LogP contribution is -2.32. The Morgan fingerprint density at radius 1 is 1.07 bits per heavy atom. The van der Waals surface area contributed by atoms with Crippen LogP contribution in [0.4, 0.5) is 0 Å². The number of carbonyl (C=O) groups is 1. The Kier molecular flexibility index (Phi) is 5.42. The molecule has 4 aromatic rings. The fourth-order valence-electron chi connectivity index (χ4n) is 2.84. The largest absolute Gasteiger partial charge is 0.497 e. The van der Waals surface area contributed by atoms with Gasteiger partial charge in [0.25, 0.3) is 5.88 Å². The molecule has 9 nitrogen and oxygen atoms in total. The van der Waals surface area contributed by atoms with Crippen molar-refractivity contribution in [2.24, 2.45) is 0 Å². The predicted molar refractivity (Wildman–Crippen MR) is 109 cm³/mol. The molecule has 0 atom stereocenters. The van der Waals surface area contributed by atoms with Crippen LogP contribution >= 0.6 is 0 Å². The van der Waals surface area contributed by atoms with E-state index in [1.807, 2.05) is 42.5 Å². The van der Waals surface area contributed by atoms with E-state index in [0.717, 1.165) is 16.0 Å². The van der Waals surface area contributed by atoms with Crippen LogP contribution in [0.1, 0.15) is 5.56 Å². The third kappa shape index (κ3) is 4.14. The third-order valence-electron chi connectivity index (χ3n) is 4.37. The number of nitrogens with zero attached hydrogens (tertiary/aromatic N) is 4. The summed E-state index contributed by atoms with van der Waals surface area (Å²) < 4.78 is 13.2. The SMILES string of the molecule is COc1ccc(CNC(=O)Cn2nc3c(Oc4ccccc4)nccn3c2=O)cc1. The van der Waals surface area contributed by atoms with Crippen molar-refractivity contribution in [3.05, 3.63) is 83.0 Å². The summed E-state index contributed by atoms with van der Waals surface area (Å²) in [6, 6.07) is 16.4. The van der Waals surface area contributed by atoms with E-state index in [0.29, 0.717) is 12.3 Å². The number of hydrogen-bond donors (Lipinski definition) is 1. The molecule has 1 N–H and O–H groups in total. The van der Waals surface area contributed by atoms with E-state index in [1.54, 1.807) is 19.2 Å². The first-order valence-corrected chi connectivity index (χ1v) is 9.21. The summed E-state index contributed by atoms with van der Waals surface area (Å²) >= 11 is 0. The maximum absolute atomic E-state index is 12.6. The fraction of sp³-hybridized carbons (Fsp3) is 0.143. The molecule has 2 aromatic heterocycles. The van der Waals surface area contributed by atoms with Crippen molar-refractivity contribution in [1.82, 2.24) is 24.5 Å². The van der Waals surface area contributed by atoms with Crippen LogP contribution in [0.3, 0.4) is 0 Å². The van der Waals surface area contributed by atoms with Gasteiger partial charge in [0, 0.05) is 18.9 Å². The van der Waals surface area contributed by atoms with E-state index >= 15 is 0 Å². The van der Waals surface area contributed by atoms with Crippen molar-refractivity contribution in [2.45, 2.75) is 13.1 Å². The molecule has 0 unspecified atom stereocenters. The molecule has 4 rings (SSSR count). The van der Waals surface area contributed by atoms with Gasteiger partial charge >= 0.3 is 5.69 Å². The van der Waals surface area contributed by atoms with Gasteiger partial charge in [0.05, 0.1) is 7.11 Å². The van der Waals surface area contributed by atoms with Gasteiger partial charge in [-0.1, -0.05) is 30.3 Å². The van der Waals surface area contributed by atoms with Gasteiger partial charge in [-0.3, -0.25) is 4.79 Å². The molecule has 0 bridgehead atoms. The highest BCUT2D eigenvalue weighted by atomic mass is 16.5. The Hall–Kier alpha value is -4.14. The number of methoxy groups -OCH3 is 1. The maximum atomic E-state index is 12.6. The number of aromatic nitrogens is 4. The van der Waals surface area contributed by atoms with Gasteiger partial charge in [-0.15, -0.1) is 5.10 Å². The van der Waals surface area contributed by atoms with E-state index in [1.165, 1.54) is 16.8 Å². The monoisotopic (exact) mass is 405 g/mol. The van der Waals surface area contributed by atoms with Gasteiger partial charge in [-0.05, 0) is 29.8 Å². The molecule has 0 saturated carbocycles. The summed E-state index contributed by atoms with van der Waals surface area (Å²) in [5.74, 6) is 1.15. The number of benzene rings is 2. The van der Waals surface area contributed by atoms with Crippen LogP contribution in [-0.2, 0) is 17.9 Å². The summed E-state index contributed by atoms with van der Waals surface area (Å²) in [6.07, 6.45) is 2.93. The lowest BCUT2D eigenvalue weighted by Gasteiger charge is -2.06. The van der Waals surface area contributed by atoms with Crippen LogP contribution < -0.4 is 20.5 Å². The topological polar surface area (TPSA) is 99.8 Å². The van der Waals surface area contributed by atoms with Crippen LogP contribution in [0, 0.1) is 0 Å². The highest BCUT2D eigenvalue weighted by Crippen LogP contribution is 2.21. The standard InChI is InChI=1S/C21H19N5O4/c1-29-16-9-7-15(8-10-16)13-23-18(27)14-26-21(28)25-12-11-22-20(19(25)24-26)30-17-5-3-2-4-6-17/h2-12H,13-14H2,1H3,(H,23,27). The average Bonchev–Trinajstić information content (AvgIpc) is 3.10. The number of rotatable bonds is 7. The summed E-state index contributed by atoms with van der Waals surface area (Å²) in [5, 5.41) is 7.00. The quantitative estimate of drug-likeness (QED) is 0.505. The van der Waals surface area contributed by atoms with Crippen molar-refractivity contribution >= 4 is 11.6 Å². The van der Waals surface area contributed by atoms with Crippen LogP contribution in [0.25, 0.3) is 5.65 Å². The van der Waals surface area contributed by atoms with Gasteiger partial charge in [-0.25, -0.2) is 18.9 Å². The Bertz CT molecular complexity index is 1220. The summed E-state index contributed by atoms with van der Waals surface area (Å²) in [4.78, 5) is 29.1. The molecule has 1 amide bonds. The first kappa shape index (κ1) is 19.2. The lowest BCUT2D eigenvalue weighted by atomic mass is 10.2. The zero-order valence-corrected chi connectivity index (χ0v) is 16.2. The number of nitrogens with one attached hydrogen (secondary N) is 1. The smallest absolute Gasteiger partial charge is 0.351 e. The second kappa shape index (κ2) is 8.48. The molecule has 2 aromatic carbocycles. The second-order valence-corrected chi connectivity index (χ2v) is 6.41. The van der Waals surface area contributed by atoms with E-state index in [9.17, 15) is 9.59 Å². The number of ether oxygens (including phenoxy) is 2. The zero-order valence-electron chi connectivity index (χ0n) is 16.2. The summed E-state index contributed by atoms with van der Waals surface area (Å²) in [6.45, 7) is 0.107. The van der Waals surface area contributed by atoms with Crippen LogP contribution in [-0.4, -0.2) is 32.2 Å². The van der Waals surface area contributed by atoms with E-state index in [4.69, 9.17) is 9.47 Å². The first-order chi connectivity index (χ1) is 14.6. The van der Waals surface area contributed by atoms with Gasteiger partial charge < -0.3 is 14.8 Å². The normalized spacial score (nSPS) is 10.7. The molecule has 152 valence electrons. The molecule has 0 aliphatic rings. The minimum Gasteiger partial charge on any atom is -0.497 e. The first-order valence-electron chi connectivity index (χ1n) is 9.21. The highest BCUT2D eigenvalue weighted by molar-refractivity contribution is 5.75. The van der Waals surface area contributed by atoms with Gasteiger partial charge in [0.15, 0.2) is 0 Å². The van der Waals surface area contributed by atoms with E-state index < -0.39 is 5.69 Å². The molecule has 0 aliphatic heterocycles. The molecule has 0 spiro atoms. The molecule has 0 fully saturated rings. The molecular weight excluding hydrogens is 386 g/mol. The molecule has 30 heavy (non-hydrogen) atoms. The van der Waals surface area contributed by atoms with Crippen molar-refractivity contribution < 1.29 is 14.3 Å². The zero-order chi connectivity index (χ0) is 20.9. The lowest BCUT2D eigenvalue weighted by molar-refractivity contribution is -0.122. The summed E-state index contributed by atoms with van der Waals surface area (Å²) in [7, 11) is 1.59. The Morgan fingerprint density at radius 3 is 2.57 bits per heavy atom. The summed E-state index contributed by atoms with van der Waals surface area (Å²) in [5.41, 5.74) is 0.688. The number of para-hydroxylation sites is 1. The maximum Gasteiger partial charge on any atom is 0.351 e. The third-order valence-corrected chi connectivity index (χ3v) is 4.37. The molecule has 0 radical (unpaired) electrons. The Balaban J connectivity index is 1.48. The second-order valence-electron chi connectivity index (χ2n) is 6.41. The number of hydrogen-bond acceptors (Lipinski definition) is 6. The fourth-order valence-corrected chi connectivity index (χ4v) is 2.84. The van der Waals surface area contributed by atoms with Crippen LogP contribution in [0.2, 0.25) is 0 Å². The van der Waals surface area contributed by atoms with Crippen molar-refractivity contribution in [3.63, 3.8) is 0 Å². The Morgan fingerprint density at radius 2 is 1.83 bits per heavy atom. The van der Waals surface area contributed by atoms with Gasteiger partial charge in [0.2, 0.25) is 11.6 Å². The van der Waals surface area contributed by atoms with Crippen LogP contribution in [0.15, 0.2) is 71.8 Å². The van der Waals surface area contributed by atoms with Crippen LogP contribution in [0.5, 0.6) is 17.4 Å². The minimum atomic E-state index is -0.454. The number of carbonyl (C=O) groups excluding carboxylic acids is 1.